The molecule has 7 heteroatoms. The van der Waals surface area contributed by atoms with E-state index in [4.69, 9.17) is 0 Å². The Hall–Kier alpha value is -1.76. The Morgan fingerprint density at radius 3 is 2.68 bits per heavy atom. The van der Waals surface area contributed by atoms with Gasteiger partial charge in [-0.2, -0.15) is 0 Å². The molecule has 0 aromatic rings. The molecule has 2 heterocycles. The molecule has 0 radical (unpaired) electrons. The minimum atomic E-state index is -1.15. The van der Waals surface area contributed by atoms with Gasteiger partial charge in [-0.1, -0.05) is 12.2 Å². The van der Waals surface area contributed by atoms with Crippen LogP contribution in [0, 0.1) is 0 Å². The Labute approximate surface area is 114 Å². The fourth-order valence-corrected chi connectivity index (χ4v) is 3.60. The average Bonchev–Trinajstić information content (AvgIpc) is 2.30. The van der Waals surface area contributed by atoms with Gasteiger partial charge >= 0.3 is 5.97 Å². The minimum absolute atomic E-state index is 0.0307. The van der Waals surface area contributed by atoms with E-state index in [1.165, 1.54) is 23.6 Å². The Kier molecular flexibility index (Phi) is 3.66. The van der Waals surface area contributed by atoms with E-state index in [0.717, 1.165) is 0 Å². The van der Waals surface area contributed by atoms with Gasteiger partial charge in [-0.25, -0.2) is 4.79 Å². The number of carbonyl (C=O) groups is 3. The highest BCUT2D eigenvalue weighted by Gasteiger charge is 2.48. The van der Waals surface area contributed by atoms with Crippen molar-refractivity contribution in [2.24, 2.45) is 0 Å². The molecule has 1 unspecified atom stereocenters. The molecule has 6 nitrogen and oxygen atoms in total. The molecule has 2 aliphatic rings. The molecule has 2 aliphatic heterocycles. The number of hydrogen-bond donors (Lipinski definition) is 2. The van der Waals surface area contributed by atoms with Crippen molar-refractivity contribution in [3.8, 4) is 0 Å². The smallest absolute Gasteiger partial charge is 0.353 e. The number of carbonyl (C=O) groups excluding carboxylic acids is 2. The standard InChI is InChI=1S/C12H14N2O4S/c1-3-4-7-10(12(17)18)14-8(16)5-9(14)19-11(7)13-6(2)15/h3-4,9,11H,5H2,1-2H3,(H,13,15)(H,17,18)/b4-3-/t9-,11?/m1/s1. The second-order valence-corrected chi connectivity index (χ2v) is 5.54. The molecule has 0 aromatic heterocycles. The topological polar surface area (TPSA) is 86.7 Å². The van der Waals surface area contributed by atoms with Crippen molar-refractivity contribution in [2.75, 3.05) is 0 Å². The summed E-state index contributed by atoms with van der Waals surface area (Å²) in [5, 5.41) is 11.4. The van der Waals surface area contributed by atoms with Crippen molar-refractivity contribution in [2.45, 2.75) is 31.0 Å². The number of fused-ring (bicyclic) bond motifs is 1. The monoisotopic (exact) mass is 282 g/mol. The highest BCUT2D eigenvalue weighted by molar-refractivity contribution is 8.00. The van der Waals surface area contributed by atoms with Gasteiger partial charge in [0.25, 0.3) is 0 Å². The van der Waals surface area contributed by atoms with Crippen LogP contribution in [0.4, 0.5) is 0 Å². The van der Waals surface area contributed by atoms with Crippen LogP contribution in [-0.4, -0.2) is 38.5 Å². The number of carboxylic acids is 1. The maximum Gasteiger partial charge on any atom is 0.353 e. The van der Waals surface area contributed by atoms with Crippen molar-refractivity contribution in [3.05, 3.63) is 23.4 Å². The molecular formula is C12H14N2O4S. The van der Waals surface area contributed by atoms with Crippen LogP contribution in [0.1, 0.15) is 20.3 Å². The Morgan fingerprint density at radius 1 is 1.53 bits per heavy atom. The van der Waals surface area contributed by atoms with Gasteiger partial charge in [-0.3, -0.25) is 14.5 Å². The third-order valence-electron chi connectivity index (χ3n) is 2.88. The lowest BCUT2D eigenvalue weighted by Crippen LogP contribution is -2.57. The van der Waals surface area contributed by atoms with E-state index in [-0.39, 0.29) is 22.9 Å². The molecule has 2 amide bonds. The number of nitrogens with zero attached hydrogens (tertiary/aromatic N) is 1. The highest BCUT2D eigenvalue weighted by Crippen LogP contribution is 2.43. The van der Waals surface area contributed by atoms with Gasteiger partial charge < -0.3 is 10.4 Å². The maximum absolute atomic E-state index is 11.6. The number of thioether (sulfide) groups is 1. The Balaban J connectivity index is 2.47. The number of hydrogen-bond acceptors (Lipinski definition) is 4. The van der Waals surface area contributed by atoms with E-state index in [2.05, 4.69) is 5.32 Å². The van der Waals surface area contributed by atoms with Crippen LogP contribution in [0.2, 0.25) is 0 Å². The van der Waals surface area contributed by atoms with Gasteiger partial charge in [0, 0.05) is 12.5 Å². The molecule has 1 saturated heterocycles. The van der Waals surface area contributed by atoms with E-state index < -0.39 is 11.3 Å². The van der Waals surface area contributed by atoms with Gasteiger partial charge in [0.15, 0.2) is 0 Å². The molecule has 2 atom stereocenters. The van der Waals surface area contributed by atoms with Crippen LogP contribution in [-0.2, 0) is 14.4 Å². The maximum atomic E-state index is 11.6. The van der Waals surface area contributed by atoms with Crippen LogP contribution < -0.4 is 5.32 Å². The summed E-state index contributed by atoms with van der Waals surface area (Å²) in [5.74, 6) is -1.58. The van der Waals surface area contributed by atoms with Crippen LogP contribution in [0.15, 0.2) is 23.4 Å². The molecule has 2 N–H and O–H groups in total. The lowest BCUT2D eigenvalue weighted by molar-refractivity contribution is -0.146. The molecule has 19 heavy (non-hydrogen) atoms. The van der Waals surface area contributed by atoms with Gasteiger partial charge in [0.1, 0.15) is 11.1 Å². The number of rotatable bonds is 3. The number of β-lactam (4-membered cyclic amide) rings is 1. The van der Waals surface area contributed by atoms with Crippen LogP contribution in [0.5, 0.6) is 0 Å². The van der Waals surface area contributed by atoms with Crippen LogP contribution in [0.3, 0.4) is 0 Å². The van der Waals surface area contributed by atoms with Gasteiger partial charge in [-0.05, 0) is 6.92 Å². The van der Waals surface area contributed by atoms with Crippen molar-refractivity contribution < 1.29 is 19.5 Å². The largest absolute Gasteiger partial charge is 0.477 e. The molecule has 0 spiro atoms. The zero-order valence-corrected chi connectivity index (χ0v) is 11.4. The molecular weight excluding hydrogens is 268 g/mol. The second kappa shape index (κ2) is 5.08. The second-order valence-electron chi connectivity index (χ2n) is 4.25. The predicted octanol–water partition coefficient (Wildman–Crippen LogP) is 0.669. The van der Waals surface area contributed by atoms with E-state index in [1.54, 1.807) is 19.1 Å². The average molecular weight is 282 g/mol. The summed E-state index contributed by atoms with van der Waals surface area (Å²) in [6.45, 7) is 3.14. The Bertz CT molecular complexity index is 512. The summed E-state index contributed by atoms with van der Waals surface area (Å²) in [4.78, 5) is 35.5. The van der Waals surface area contributed by atoms with Crippen molar-refractivity contribution in [3.63, 3.8) is 0 Å². The zero-order chi connectivity index (χ0) is 14.2. The molecule has 2 rings (SSSR count). The van der Waals surface area contributed by atoms with Crippen LogP contribution >= 0.6 is 11.8 Å². The fraction of sp³-hybridized carbons (Fsp3) is 0.417. The first kappa shape index (κ1) is 13.7. The van der Waals surface area contributed by atoms with Gasteiger partial charge in [0.2, 0.25) is 11.8 Å². The zero-order valence-electron chi connectivity index (χ0n) is 10.5. The third-order valence-corrected chi connectivity index (χ3v) is 4.21. The summed E-state index contributed by atoms with van der Waals surface area (Å²) < 4.78 is 0. The summed E-state index contributed by atoms with van der Waals surface area (Å²) in [6, 6.07) is 0. The quantitative estimate of drug-likeness (QED) is 0.743. The van der Waals surface area contributed by atoms with Crippen molar-refractivity contribution >= 4 is 29.5 Å². The molecule has 0 bridgehead atoms. The number of aliphatic carboxylic acids is 1. The first-order valence-electron chi connectivity index (χ1n) is 5.80. The minimum Gasteiger partial charge on any atom is -0.477 e. The molecule has 0 saturated carbocycles. The van der Waals surface area contributed by atoms with E-state index >= 15 is 0 Å². The van der Waals surface area contributed by atoms with Gasteiger partial charge in [-0.15, -0.1) is 11.8 Å². The van der Waals surface area contributed by atoms with E-state index in [0.29, 0.717) is 12.0 Å². The fourth-order valence-electron chi connectivity index (χ4n) is 2.13. The highest BCUT2D eigenvalue weighted by atomic mass is 32.2. The molecule has 1 fully saturated rings. The molecule has 102 valence electrons. The third kappa shape index (κ3) is 2.37. The lowest BCUT2D eigenvalue weighted by atomic mass is 10.1. The predicted molar refractivity (Wildman–Crippen MR) is 69.9 cm³/mol. The molecule has 0 aliphatic carbocycles. The summed E-state index contributed by atoms with van der Waals surface area (Å²) in [7, 11) is 0. The molecule has 0 aromatic carbocycles. The van der Waals surface area contributed by atoms with E-state index in [1.807, 2.05) is 0 Å². The number of amides is 2. The summed E-state index contributed by atoms with van der Waals surface area (Å²) in [5.41, 5.74) is 0.413. The van der Waals surface area contributed by atoms with Crippen molar-refractivity contribution in [1.82, 2.24) is 10.2 Å². The van der Waals surface area contributed by atoms with E-state index in [9.17, 15) is 19.5 Å². The Morgan fingerprint density at radius 2 is 2.21 bits per heavy atom. The summed E-state index contributed by atoms with van der Waals surface area (Å²) >= 11 is 1.38. The SMILES string of the molecule is C/C=C\C1=C(C(=O)O)N2C(=O)C[C@H]2SC1NC(C)=O. The van der Waals surface area contributed by atoms with Crippen LogP contribution in [0.25, 0.3) is 0 Å². The number of nitrogens with one attached hydrogen (secondary N) is 1. The number of allylic oxidation sites excluding steroid dienone is 1. The number of carboxylic acid groups (broad SMARTS) is 1. The lowest BCUT2D eigenvalue weighted by Gasteiger charge is -2.46. The van der Waals surface area contributed by atoms with Crippen molar-refractivity contribution in [1.29, 1.82) is 0 Å². The first-order valence-corrected chi connectivity index (χ1v) is 6.74. The van der Waals surface area contributed by atoms with Gasteiger partial charge in [0.05, 0.1) is 11.8 Å². The first-order chi connectivity index (χ1) is 8.95. The normalized spacial score (nSPS) is 26.2. The summed E-state index contributed by atoms with van der Waals surface area (Å²) in [6.07, 6.45) is 3.62.